The number of phenolic OH excluding ortho intramolecular Hbond substituents is 1. The first-order chi connectivity index (χ1) is 12.6. The van der Waals surface area contributed by atoms with Crippen molar-refractivity contribution in [1.82, 2.24) is 5.32 Å². The Morgan fingerprint density at radius 2 is 1.92 bits per heavy atom. The summed E-state index contributed by atoms with van der Waals surface area (Å²) in [6.45, 7) is 0.901. The van der Waals surface area contributed by atoms with Crippen molar-refractivity contribution in [3.63, 3.8) is 0 Å². The maximum atomic E-state index is 12.4. The third-order valence-electron chi connectivity index (χ3n) is 4.56. The molecule has 0 spiro atoms. The summed E-state index contributed by atoms with van der Waals surface area (Å²) in [7, 11) is 0. The predicted octanol–water partition coefficient (Wildman–Crippen LogP) is 1.79. The maximum absolute atomic E-state index is 12.4. The lowest BCUT2D eigenvalue weighted by atomic mass is 10.1. The van der Waals surface area contributed by atoms with Crippen LogP contribution in [-0.2, 0) is 16.1 Å². The van der Waals surface area contributed by atoms with Crippen LogP contribution in [0.5, 0.6) is 17.2 Å². The van der Waals surface area contributed by atoms with Gasteiger partial charge in [0.25, 0.3) is 0 Å². The van der Waals surface area contributed by atoms with Crippen LogP contribution >= 0.6 is 0 Å². The summed E-state index contributed by atoms with van der Waals surface area (Å²) in [5.41, 5.74) is 1.58. The number of hydrogen-bond donors (Lipinski definition) is 2. The molecule has 0 aromatic heterocycles. The van der Waals surface area contributed by atoms with Crippen molar-refractivity contribution in [2.24, 2.45) is 5.92 Å². The Morgan fingerprint density at radius 1 is 1.15 bits per heavy atom. The molecule has 2 heterocycles. The molecule has 26 heavy (non-hydrogen) atoms. The normalized spacial score (nSPS) is 18.2. The van der Waals surface area contributed by atoms with E-state index in [0.717, 1.165) is 5.56 Å². The van der Waals surface area contributed by atoms with Gasteiger partial charge in [0.2, 0.25) is 18.6 Å². The van der Waals surface area contributed by atoms with Gasteiger partial charge < -0.3 is 24.8 Å². The summed E-state index contributed by atoms with van der Waals surface area (Å²) in [6, 6.07) is 11.9. The second kappa shape index (κ2) is 6.59. The zero-order valence-electron chi connectivity index (χ0n) is 14.0. The molecule has 2 aromatic carbocycles. The number of benzene rings is 2. The number of nitrogens with one attached hydrogen (secondary N) is 1. The highest BCUT2D eigenvalue weighted by Gasteiger charge is 2.35. The summed E-state index contributed by atoms with van der Waals surface area (Å²) in [5, 5.41) is 12.2. The van der Waals surface area contributed by atoms with E-state index in [9.17, 15) is 14.7 Å². The van der Waals surface area contributed by atoms with E-state index in [0.29, 0.717) is 30.3 Å². The first-order valence-electron chi connectivity index (χ1n) is 8.36. The van der Waals surface area contributed by atoms with Crippen molar-refractivity contribution in [1.29, 1.82) is 0 Å². The van der Waals surface area contributed by atoms with Gasteiger partial charge in [-0.3, -0.25) is 9.59 Å². The maximum Gasteiger partial charge on any atom is 0.231 e. The molecule has 1 atom stereocenters. The van der Waals surface area contributed by atoms with Crippen molar-refractivity contribution in [2.45, 2.75) is 13.0 Å². The minimum atomic E-state index is -0.398. The van der Waals surface area contributed by atoms with E-state index in [4.69, 9.17) is 9.47 Å². The highest BCUT2D eigenvalue weighted by molar-refractivity contribution is 6.00. The number of anilines is 1. The average molecular weight is 354 g/mol. The lowest BCUT2D eigenvalue weighted by molar-refractivity contribution is -0.126. The highest BCUT2D eigenvalue weighted by atomic mass is 16.7. The number of amides is 2. The summed E-state index contributed by atoms with van der Waals surface area (Å²) in [6.07, 6.45) is 0.174. The van der Waals surface area contributed by atoms with Gasteiger partial charge in [0.15, 0.2) is 11.5 Å². The Kier molecular flexibility index (Phi) is 4.12. The number of ether oxygens (including phenoxy) is 2. The van der Waals surface area contributed by atoms with E-state index >= 15 is 0 Å². The number of nitrogens with zero attached hydrogens (tertiary/aromatic N) is 1. The molecule has 2 N–H and O–H groups in total. The smallest absolute Gasteiger partial charge is 0.231 e. The lowest BCUT2D eigenvalue weighted by Crippen LogP contribution is -2.32. The number of aromatic hydroxyl groups is 1. The second-order valence-corrected chi connectivity index (χ2v) is 6.33. The van der Waals surface area contributed by atoms with Crippen LogP contribution in [0.2, 0.25) is 0 Å². The zero-order valence-corrected chi connectivity index (χ0v) is 14.0. The largest absolute Gasteiger partial charge is 0.508 e. The van der Waals surface area contributed by atoms with Crippen molar-refractivity contribution < 1.29 is 24.2 Å². The molecule has 0 aliphatic carbocycles. The fourth-order valence-electron chi connectivity index (χ4n) is 3.15. The van der Waals surface area contributed by atoms with E-state index in [1.54, 1.807) is 17.0 Å². The van der Waals surface area contributed by atoms with E-state index in [1.807, 2.05) is 18.2 Å². The van der Waals surface area contributed by atoms with Gasteiger partial charge in [0.05, 0.1) is 5.92 Å². The number of carbonyl (C=O) groups excluding carboxylic acids is 2. The third-order valence-corrected chi connectivity index (χ3v) is 4.56. The molecule has 0 unspecified atom stereocenters. The monoisotopic (exact) mass is 354 g/mol. The van der Waals surface area contributed by atoms with E-state index in [-0.39, 0.29) is 30.8 Å². The van der Waals surface area contributed by atoms with Gasteiger partial charge in [-0.1, -0.05) is 6.07 Å². The van der Waals surface area contributed by atoms with Crippen molar-refractivity contribution in [3.8, 4) is 17.2 Å². The third kappa shape index (κ3) is 3.15. The van der Waals surface area contributed by atoms with Crippen LogP contribution < -0.4 is 19.7 Å². The molecule has 1 fully saturated rings. The Hall–Kier alpha value is -3.22. The minimum Gasteiger partial charge on any atom is -0.508 e. The Labute approximate surface area is 150 Å². The van der Waals surface area contributed by atoms with Gasteiger partial charge in [-0.2, -0.15) is 0 Å². The molecule has 2 aliphatic heterocycles. The van der Waals surface area contributed by atoms with Crippen LogP contribution in [0.25, 0.3) is 0 Å². The van der Waals surface area contributed by atoms with Crippen LogP contribution in [0.4, 0.5) is 5.69 Å². The second-order valence-electron chi connectivity index (χ2n) is 6.33. The summed E-state index contributed by atoms with van der Waals surface area (Å²) in [5.74, 6) is 0.859. The first-order valence-corrected chi connectivity index (χ1v) is 8.36. The van der Waals surface area contributed by atoms with Gasteiger partial charge in [0, 0.05) is 25.2 Å². The van der Waals surface area contributed by atoms with Crippen LogP contribution in [0.1, 0.15) is 12.0 Å². The molecule has 7 nitrogen and oxygen atoms in total. The molecule has 2 amide bonds. The fraction of sp³-hybridized carbons (Fsp3) is 0.263. The first kappa shape index (κ1) is 16.3. The number of rotatable bonds is 4. The topological polar surface area (TPSA) is 88.1 Å². The Balaban J connectivity index is 1.36. The Bertz CT molecular complexity index is 850. The molecular weight excluding hydrogens is 336 g/mol. The van der Waals surface area contributed by atoms with Crippen LogP contribution in [0.3, 0.4) is 0 Å². The van der Waals surface area contributed by atoms with Gasteiger partial charge >= 0.3 is 0 Å². The summed E-state index contributed by atoms with van der Waals surface area (Å²) < 4.78 is 10.6. The molecule has 2 aromatic rings. The lowest BCUT2D eigenvalue weighted by Gasteiger charge is -2.16. The number of phenols is 1. The average Bonchev–Trinajstić information content (AvgIpc) is 3.26. The molecule has 1 saturated heterocycles. The van der Waals surface area contributed by atoms with Gasteiger partial charge in [-0.05, 0) is 42.0 Å². The van der Waals surface area contributed by atoms with Crippen molar-refractivity contribution >= 4 is 17.5 Å². The van der Waals surface area contributed by atoms with E-state index in [1.165, 1.54) is 12.1 Å². The molecule has 0 bridgehead atoms. The minimum absolute atomic E-state index is 0.0982. The number of hydrogen-bond acceptors (Lipinski definition) is 5. The summed E-state index contributed by atoms with van der Waals surface area (Å²) >= 11 is 0. The quantitative estimate of drug-likeness (QED) is 0.874. The SMILES string of the molecule is O=C(NCc1ccc2c(c1)OCO2)[C@@H]1CC(=O)N(c2ccc(O)cc2)C1. The van der Waals surface area contributed by atoms with Crippen LogP contribution in [0, 0.1) is 5.92 Å². The van der Waals surface area contributed by atoms with Gasteiger partial charge in [-0.25, -0.2) is 0 Å². The molecule has 7 heteroatoms. The van der Waals surface area contributed by atoms with Gasteiger partial charge in [0.1, 0.15) is 5.75 Å². The van der Waals surface area contributed by atoms with Crippen molar-refractivity contribution in [2.75, 3.05) is 18.2 Å². The zero-order chi connectivity index (χ0) is 18.1. The molecule has 0 saturated carbocycles. The van der Waals surface area contributed by atoms with Crippen LogP contribution in [0.15, 0.2) is 42.5 Å². The van der Waals surface area contributed by atoms with Crippen molar-refractivity contribution in [3.05, 3.63) is 48.0 Å². The molecule has 134 valence electrons. The van der Waals surface area contributed by atoms with Crippen LogP contribution in [-0.4, -0.2) is 30.3 Å². The standard InChI is InChI=1S/C19H18N2O5/c22-15-4-2-14(3-5-15)21-10-13(8-18(21)23)19(24)20-9-12-1-6-16-17(7-12)26-11-25-16/h1-7,13,22H,8-11H2,(H,20,24)/t13-/m1/s1. The summed E-state index contributed by atoms with van der Waals surface area (Å²) in [4.78, 5) is 26.2. The number of carbonyl (C=O) groups is 2. The molecule has 0 radical (unpaired) electrons. The molecule has 2 aliphatic rings. The van der Waals surface area contributed by atoms with Gasteiger partial charge in [-0.15, -0.1) is 0 Å². The Morgan fingerprint density at radius 3 is 2.73 bits per heavy atom. The van der Waals surface area contributed by atoms with E-state index in [2.05, 4.69) is 5.32 Å². The molecule has 4 rings (SSSR count). The van der Waals surface area contributed by atoms with E-state index < -0.39 is 5.92 Å². The highest BCUT2D eigenvalue weighted by Crippen LogP contribution is 2.32. The number of fused-ring (bicyclic) bond motifs is 1. The molecular formula is C19H18N2O5. The predicted molar refractivity (Wildman–Crippen MR) is 93.0 cm³/mol. The fourth-order valence-corrected chi connectivity index (χ4v) is 3.15.